The van der Waals surface area contributed by atoms with E-state index in [1.54, 1.807) is 11.8 Å². The second kappa shape index (κ2) is 8.92. The number of hydrogen-bond donors (Lipinski definition) is 1. The molecule has 0 heterocycles. The highest BCUT2D eigenvalue weighted by Gasteiger charge is 2.40. The number of hydrogen-bond acceptors (Lipinski definition) is 4. The lowest BCUT2D eigenvalue weighted by Crippen LogP contribution is -2.24. The number of carbonyl (C=O) groups is 2. The SMILES string of the molecule is C[SiH](C)OC1=C(SCCCCCC(=O)O)C(=O)CC1C(C)(C)C. The Morgan fingerprint density at radius 3 is 2.48 bits per heavy atom. The number of carboxylic acid groups (broad SMARTS) is 1. The van der Waals surface area contributed by atoms with Crippen LogP contribution in [0.5, 0.6) is 0 Å². The van der Waals surface area contributed by atoms with Crippen LogP contribution >= 0.6 is 11.8 Å². The summed E-state index contributed by atoms with van der Waals surface area (Å²) in [5, 5.41) is 8.63. The zero-order valence-corrected chi connectivity index (χ0v) is 16.9. The summed E-state index contributed by atoms with van der Waals surface area (Å²) in [6.45, 7) is 10.7. The molecule has 0 spiro atoms. The smallest absolute Gasteiger partial charge is 0.303 e. The second-order valence-corrected chi connectivity index (χ2v) is 10.9. The van der Waals surface area contributed by atoms with Crippen molar-refractivity contribution in [3.63, 3.8) is 0 Å². The first-order valence-electron chi connectivity index (χ1n) is 8.41. The number of carboxylic acids is 1. The number of ketones is 1. The highest BCUT2D eigenvalue weighted by atomic mass is 32.2. The molecule has 1 aliphatic rings. The predicted molar refractivity (Wildman–Crippen MR) is 98.1 cm³/mol. The third-order valence-electron chi connectivity index (χ3n) is 3.87. The molecule has 1 aliphatic carbocycles. The average molecular weight is 359 g/mol. The number of Topliss-reactive ketones (excluding diaryl/α,β-unsaturated/α-hetero) is 1. The number of aliphatic carboxylic acids is 1. The average Bonchev–Trinajstić information content (AvgIpc) is 2.70. The number of unbranched alkanes of at least 4 members (excludes halogenated alkanes) is 2. The van der Waals surface area contributed by atoms with Gasteiger partial charge in [0.15, 0.2) is 5.78 Å². The minimum Gasteiger partial charge on any atom is -0.549 e. The fraction of sp³-hybridized carbons (Fsp3) is 0.765. The number of thioether (sulfide) groups is 1. The molecule has 0 bridgehead atoms. The zero-order chi connectivity index (χ0) is 17.6. The van der Waals surface area contributed by atoms with Gasteiger partial charge in [-0.3, -0.25) is 9.59 Å². The van der Waals surface area contributed by atoms with Crippen molar-refractivity contribution < 1.29 is 19.1 Å². The third-order valence-corrected chi connectivity index (χ3v) is 5.81. The van der Waals surface area contributed by atoms with E-state index in [1.807, 2.05) is 0 Å². The van der Waals surface area contributed by atoms with Crippen molar-refractivity contribution in [3.8, 4) is 0 Å². The molecule has 1 atom stereocenters. The van der Waals surface area contributed by atoms with Gasteiger partial charge in [-0.1, -0.05) is 27.2 Å². The summed E-state index contributed by atoms with van der Waals surface area (Å²) in [5.41, 5.74) is 0.0259. The monoisotopic (exact) mass is 358 g/mol. The molecule has 0 aliphatic heterocycles. The highest BCUT2D eigenvalue weighted by molar-refractivity contribution is 8.04. The van der Waals surface area contributed by atoms with E-state index in [4.69, 9.17) is 9.53 Å². The van der Waals surface area contributed by atoms with Gasteiger partial charge >= 0.3 is 5.97 Å². The topological polar surface area (TPSA) is 63.6 Å². The Morgan fingerprint density at radius 1 is 1.30 bits per heavy atom. The van der Waals surface area contributed by atoms with Crippen LogP contribution in [-0.4, -0.2) is 31.7 Å². The Balaban J connectivity index is 2.66. The fourth-order valence-electron chi connectivity index (χ4n) is 2.64. The highest BCUT2D eigenvalue weighted by Crippen LogP contribution is 2.45. The molecule has 0 saturated carbocycles. The molecule has 0 aromatic heterocycles. The predicted octanol–water partition coefficient (Wildman–Crippen LogP) is 4.21. The van der Waals surface area contributed by atoms with Crippen LogP contribution in [0, 0.1) is 11.3 Å². The first-order chi connectivity index (χ1) is 10.6. The second-order valence-electron chi connectivity index (χ2n) is 7.46. The summed E-state index contributed by atoms with van der Waals surface area (Å²) in [6, 6.07) is 0. The Morgan fingerprint density at radius 2 is 1.96 bits per heavy atom. The molecule has 0 amide bonds. The molecule has 0 radical (unpaired) electrons. The molecule has 0 aromatic rings. The lowest BCUT2D eigenvalue weighted by molar-refractivity contribution is -0.137. The van der Waals surface area contributed by atoms with Crippen molar-refractivity contribution in [1.82, 2.24) is 0 Å². The standard InChI is InChI=1S/C17H30O4SSi/c1-17(2,3)12-11-13(18)16(15(12)21-23(4)5)22-10-8-6-7-9-14(19)20/h12,23H,6-11H2,1-5H3,(H,19,20). The molecule has 0 aromatic carbocycles. The summed E-state index contributed by atoms with van der Waals surface area (Å²) in [7, 11) is -1.25. The Hall–Kier alpha value is -0.753. The summed E-state index contributed by atoms with van der Waals surface area (Å²) in [5.74, 6) is 1.44. The van der Waals surface area contributed by atoms with Gasteiger partial charge in [0.05, 0.1) is 4.91 Å². The van der Waals surface area contributed by atoms with Gasteiger partial charge in [0.2, 0.25) is 9.04 Å². The van der Waals surface area contributed by atoms with Crippen LogP contribution in [0.3, 0.4) is 0 Å². The Bertz CT molecular complexity index is 466. The van der Waals surface area contributed by atoms with E-state index in [2.05, 4.69) is 33.9 Å². The molecule has 6 heteroatoms. The van der Waals surface area contributed by atoms with Crippen LogP contribution in [0.15, 0.2) is 10.7 Å². The summed E-state index contributed by atoms with van der Waals surface area (Å²) in [4.78, 5) is 23.7. The Kier molecular flexibility index (Phi) is 7.87. The maximum Gasteiger partial charge on any atom is 0.303 e. The van der Waals surface area contributed by atoms with E-state index in [0.717, 1.165) is 29.3 Å². The molecule has 1 N–H and O–H groups in total. The minimum atomic E-state index is -1.25. The van der Waals surface area contributed by atoms with E-state index >= 15 is 0 Å². The molecule has 132 valence electrons. The summed E-state index contributed by atoms with van der Waals surface area (Å²) < 4.78 is 6.14. The van der Waals surface area contributed by atoms with Gasteiger partial charge in [0, 0.05) is 18.8 Å². The van der Waals surface area contributed by atoms with Crippen molar-refractivity contribution >= 4 is 32.6 Å². The van der Waals surface area contributed by atoms with Crippen LogP contribution in [0.2, 0.25) is 13.1 Å². The van der Waals surface area contributed by atoms with Crippen LogP contribution in [0.25, 0.3) is 0 Å². The van der Waals surface area contributed by atoms with Crippen molar-refractivity contribution in [2.24, 2.45) is 11.3 Å². The fourth-order valence-corrected chi connectivity index (χ4v) is 4.64. The summed E-state index contributed by atoms with van der Waals surface area (Å²) in [6.07, 6.45) is 3.31. The molecule has 4 nitrogen and oxygen atoms in total. The van der Waals surface area contributed by atoms with Crippen LogP contribution < -0.4 is 0 Å². The first kappa shape index (κ1) is 20.3. The number of carbonyl (C=O) groups excluding carboxylic acids is 1. The van der Waals surface area contributed by atoms with Gasteiger partial charge in [-0.25, -0.2) is 0 Å². The maximum absolute atomic E-state index is 12.4. The molecule has 1 unspecified atom stereocenters. The lowest BCUT2D eigenvalue weighted by Gasteiger charge is -2.30. The third kappa shape index (κ3) is 6.71. The van der Waals surface area contributed by atoms with E-state index in [9.17, 15) is 9.59 Å². The normalized spacial score (nSPS) is 18.9. The largest absolute Gasteiger partial charge is 0.549 e. The molecule has 0 saturated heterocycles. The first-order valence-corrected chi connectivity index (χ1v) is 12.2. The van der Waals surface area contributed by atoms with Gasteiger partial charge in [0.25, 0.3) is 0 Å². The van der Waals surface area contributed by atoms with Crippen LogP contribution in [0.4, 0.5) is 0 Å². The number of allylic oxidation sites excluding steroid dienone is 2. The van der Waals surface area contributed by atoms with Gasteiger partial charge in [-0.15, -0.1) is 11.8 Å². The molecule has 1 rings (SSSR count). The summed E-state index contributed by atoms with van der Waals surface area (Å²) >= 11 is 1.60. The van der Waals surface area contributed by atoms with Crippen molar-refractivity contribution in [1.29, 1.82) is 0 Å². The van der Waals surface area contributed by atoms with E-state index in [0.29, 0.717) is 12.8 Å². The van der Waals surface area contributed by atoms with E-state index in [1.165, 1.54) is 0 Å². The van der Waals surface area contributed by atoms with Crippen molar-refractivity contribution in [2.75, 3.05) is 5.75 Å². The zero-order valence-electron chi connectivity index (χ0n) is 15.0. The van der Waals surface area contributed by atoms with E-state index < -0.39 is 15.0 Å². The Labute approximate surface area is 145 Å². The maximum atomic E-state index is 12.4. The quantitative estimate of drug-likeness (QED) is 0.494. The molecular weight excluding hydrogens is 328 g/mol. The number of rotatable bonds is 9. The van der Waals surface area contributed by atoms with Crippen LogP contribution in [-0.2, 0) is 14.0 Å². The van der Waals surface area contributed by atoms with Crippen LogP contribution in [0.1, 0.15) is 52.9 Å². The lowest BCUT2D eigenvalue weighted by atomic mass is 9.79. The molecule has 0 fully saturated rings. The van der Waals surface area contributed by atoms with Gasteiger partial charge in [-0.05, 0) is 37.1 Å². The van der Waals surface area contributed by atoms with Gasteiger partial charge < -0.3 is 9.53 Å². The van der Waals surface area contributed by atoms with E-state index in [-0.39, 0.29) is 23.5 Å². The van der Waals surface area contributed by atoms with Gasteiger partial charge in [0.1, 0.15) is 5.76 Å². The molecule has 23 heavy (non-hydrogen) atoms. The van der Waals surface area contributed by atoms with Gasteiger partial charge in [-0.2, -0.15) is 0 Å². The van der Waals surface area contributed by atoms with Crippen molar-refractivity contribution in [2.45, 2.75) is 66.0 Å². The molecular formula is C17H30O4SSi. The minimum absolute atomic E-state index is 0.0259. The van der Waals surface area contributed by atoms with Crippen molar-refractivity contribution in [3.05, 3.63) is 10.7 Å².